The van der Waals surface area contributed by atoms with Crippen LogP contribution in [0.5, 0.6) is 11.5 Å². The maximum absolute atomic E-state index is 13.2. The molecule has 2 rings (SSSR count). The zero-order valence-corrected chi connectivity index (χ0v) is 11.2. The van der Waals surface area contributed by atoms with Crippen molar-refractivity contribution in [2.45, 2.75) is 6.92 Å². The van der Waals surface area contributed by atoms with Crippen molar-refractivity contribution in [3.8, 4) is 17.6 Å². The topological polar surface area (TPSA) is 33.0 Å². The van der Waals surface area contributed by atoms with Crippen molar-refractivity contribution in [3.63, 3.8) is 0 Å². The summed E-state index contributed by atoms with van der Waals surface area (Å²) in [6, 6.07) is 11.5. The molecule has 0 aliphatic carbocycles. The van der Waals surface area contributed by atoms with Gasteiger partial charge in [-0.15, -0.1) is 0 Å². The highest BCUT2D eigenvalue weighted by Crippen LogP contribution is 2.33. The molecule has 0 spiro atoms. The van der Waals surface area contributed by atoms with Gasteiger partial charge >= 0.3 is 0 Å². The van der Waals surface area contributed by atoms with Gasteiger partial charge in [-0.3, -0.25) is 0 Å². The molecule has 0 saturated heterocycles. The van der Waals surface area contributed by atoms with Crippen LogP contribution in [0.25, 0.3) is 0 Å². The molecule has 4 heteroatoms. The van der Waals surface area contributed by atoms with Crippen LogP contribution >= 0.6 is 15.9 Å². The van der Waals surface area contributed by atoms with Crippen LogP contribution in [0.3, 0.4) is 0 Å². The summed E-state index contributed by atoms with van der Waals surface area (Å²) in [6.07, 6.45) is 0. The molecule has 0 N–H and O–H groups in total. The van der Waals surface area contributed by atoms with E-state index in [0.717, 1.165) is 5.56 Å². The maximum atomic E-state index is 13.2. The Labute approximate surface area is 113 Å². The quantitative estimate of drug-likeness (QED) is 0.815. The van der Waals surface area contributed by atoms with Gasteiger partial charge in [0.2, 0.25) is 0 Å². The Morgan fingerprint density at radius 1 is 1.28 bits per heavy atom. The highest BCUT2D eigenvalue weighted by atomic mass is 79.9. The summed E-state index contributed by atoms with van der Waals surface area (Å²) in [5.41, 5.74) is 1.25. The molecular formula is C14H9BrFNO. The predicted octanol–water partition coefficient (Wildman–Crippen LogP) is 4.56. The lowest BCUT2D eigenvalue weighted by atomic mass is 10.1. The van der Waals surface area contributed by atoms with Crippen molar-refractivity contribution < 1.29 is 9.13 Å². The third-order valence-electron chi connectivity index (χ3n) is 2.44. The first-order chi connectivity index (χ1) is 8.61. The van der Waals surface area contributed by atoms with Crippen LogP contribution in [-0.2, 0) is 0 Å². The largest absolute Gasteiger partial charge is 0.454 e. The molecule has 0 radical (unpaired) electrons. The Kier molecular flexibility index (Phi) is 3.63. The molecule has 0 amide bonds. The molecule has 18 heavy (non-hydrogen) atoms. The molecule has 0 heterocycles. The molecule has 0 aliphatic heterocycles. The van der Waals surface area contributed by atoms with E-state index in [9.17, 15) is 4.39 Å². The molecule has 0 unspecified atom stereocenters. The Balaban J connectivity index is 2.46. The van der Waals surface area contributed by atoms with Crippen LogP contribution in [0.2, 0.25) is 0 Å². The Morgan fingerprint density at radius 2 is 2.06 bits per heavy atom. The lowest BCUT2D eigenvalue weighted by Crippen LogP contribution is -1.92. The summed E-state index contributed by atoms with van der Waals surface area (Å²) in [7, 11) is 0. The summed E-state index contributed by atoms with van der Waals surface area (Å²) >= 11 is 3.28. The van der Waals surface area contributed by atoms with Crippen molar-refractivity contribution >= 4 is 15.9 Å². The van der Waals surface area contributed by atoms with Gasteiger partial charge in [-0.25, -0.2) is 4.39 Å². The normalized spacial score (nSPS) is 9.89. The summed E-state index contributed by atoms with van der Waals surface area (Å²) in [6.45, 7) is 1.84. The van der Waals surface area contributed by atoms with E-state index in [1.54, 1.807) is 18.2 Å². The van der Waals surface area contributed by atoms with Crippen molar-refractivity contribution in [3.05, 3.63) is 57.8 Å². The number of ether oxygens (including phenoxy) is 1. The van der Waals surface area contributed by atoms with Gasteiger partial charge in [0.1, 0.15) is 23.4 Å². The molecule has 2 aromatic rings. The monoisotopic (exact) mass is 305 g/mol. The van der Waals surface area contributed by atoms with E-state index in [0.29, 0.717) is 21.5 Å². The van der Waals surface area contributed by atoms with E-state index >= 15 is 0 Å². The van der Waals surface area contributed by atoms with Gasteiger partial charge < -0.3 is 4.74 Å². The molecule has 0 fully saturated rings. The number of benzene rings is 2. The number of halogens is 2. The first-order valence-electron chi connectivity index (χ1n) is 5.24. The maximum Gasteiger partial charge on any atom is 0.148 e. The fourth-order valence-corrected chi connectivity index (χ4v) is 1.87. The SMILES string of the molecule is Cc1cccc(C#N)c1Oc1cc(F)ccc1Br. The molecule has 90 valence electrons. The Morgan fingerprint density at radius 3 is 2.78 bits per heavy atom. The molecule has 0 bridgehead atoms. The first kappa shape index (κ1) is 12.6. The predicted molar refractivity (Wildman–Crippen MR) is 70.1 cm³/mol. The van der Waals surface area contributed by atoms with Crippen molar-refractivity contribution in [1.82, 2.24) is 0 Å². The summed E-state index contributed by atoms with van der Waals surface area (Å²) in [5.74, 6) is 0.410. The van der Waals surface area contributed by atoms with Crippen molar-refractivity contribution in [1.29, 1.82) is 5.26 Å². The Bertz CT molecular complexity index is 634. The van der Waals surface area contributed by atoms with Gasteiger partial charge in [-0.2, -0.15) is 5.26 Å². The van der Waals surface area contributed by atoms with Crippen LogP contribution in [-0.4, -0.2) is 0 Å². The zero-order valence-electron chi connectivity index (χ0n) is 9.58. The van der Waals surface area contributed by atoms with Crippen molar-refractivity contribution in [2.24, 2.45) is 0 Å². The molecule has 0 aliphatic rings. The third-order valence-corrected chi connectivity index (χ3v) is 3.09. The van der Waals surface area contributed by atoms with Crippen LogP contribution < -0.4 is 4.74 Å². The fourth-order valence-electron chi connectivity index (χ4n) is 1.54. The highest BCUT2D eigenvalue weighted by Gasteiger charge is 2.10. The van der Waals surface area contributed by atoms with E-state index in [2.05, 4.69) is 22.0 Å². The van der Waals surface area contributed by atoms with E-state index in [1.807, 2.05) is 13.0 Å². The highest BCUT2D eigenvalue weighted by molar-refractivity contribution is 9.10. The number of nitriles is 1. The van der Waals surface area contributed by atoms with Gasteiger partial charge in [-0.05, 0) is 46.6 Å². The van der Waals surface area contributed by atoms with Crippen LogP contribution in [0.15, 0.2) is 40.9 Å². The van der Waals surface area contributed by atoms with E-state index in [-0.39, 0.29) is 5.82 Å². The lowest BCUT2D eigenvalue weighted by molar-refractivity contribution is 0.468. The van der Waals surface area contributed by atoms with Gasteiger partial charge in [0, 0.05) is 6.07 Å². The van der Waals surface area contributed by atoms with E-state index in [1.165, 1.54) is 12.1 Å². The minimum absolute atomic E-state index is 0.348. The standard InChI is InChI=1S/C14H9BrFNO/c1-9-3-2-4-10(8-17)14(9)18-13-7-11(16)5-6-12(13)15/h2-7H,1H3. The third kappa shape index (κ3) is 2.52. The lowest BCUT2D eigenvalue weighted by Gasteiger charge is -2.11. The summed E-state index contributed by atoms with van der Waals surface area (Å²) < 4.78 is 19.4. The van der Waals surface area contributed by atoms with Crippen molar-refractivity contribution in [2.75, 3.05) is 0 Å². The fraction of sp³-hybridized carbons (Fsp3) is 0.0714. The molecular weight excluding hydrogens is 297 g/mol. The van der Waals surface area contributed by atoms with Gasteiger partial charge in [0.05, 0.1) is 10.0 Å². The second-order valence-corrected chi connectivity index (χ2v) is 4.59. The van der Waals surface area contributed by atoms with Gasteiger partial charge in [-0.1, -0.05) is 12.1 Å². The Hall–Kier alpha value is -1.86. The number of aryl methyl sites for hydroxylation is 1. The molecule has 2 nitrogen and oxygen atoms in total. The number of hydrogen-bond donors (Lipinski definition) is 0. The zero-order chi connectivity index (χ0) is 13.1. The molecule has 0 atom stereocenters. The molecule has 2 aromatic carbocycles. The van der Waals surface area contributed by atoms with Gasteiger partial charge in [0.15, 0.2) is 0 Å². The number of para-hydroxylation sites is 1. The molecule has 0 saturated carbocycles. The van der Waals surface area contributed by atoms with E-state index in [4.69, 9.17) is 10.00 Å². The van der Waals surface area contributed by atoms with Crippen LogP contribution in [0.4, 0.5) is 4.39 Å². The van der Waals surface area contributed by atoms with Gasteiger partial charge in [0.25, 0.3) is 0 Å². The number of nitrogens with zero attached hydrogens (tertiary/aromatic N) is 1. The summed E-state index contributed by atoms with van der Waals surface area (Å²) in [4.78, 5) is 0. The molecule has 0 aromatic heterocycles. The smallest absolute Gasteiger partial charge is 0.148 e. The average Bonchev–Trinajstić information content (AvgIpc) is 2.36. The minimum atomic E-state index is -0.389. The minimum Gasteiger partial charge on any atom is -0.454 e. The van der Waals surface area contributed by atoms with Crippen LogP contribution in [0, 0.1) is 24.1 Å². The second kappa shape index (κ2) is 5.19. The number of rotatable bonds is 2. The number of hydrogen-bond acceptors (Lipinski definition) is 2. The van der Waals surface area contributed by atoms with Crippen LogP contribution in [0.1, 0.15) is 11.1 Å². The average molecular weight is 306 g/mol. The van der Waals surface area contributed by atoms with E-state index < -0.39 is 0 Å². The second-order valence-electron chi connectivity index (χ2n) is 3.74. The summed E-state index contributed by atoms with van der Waals surface area (Å²) in [5, 5.41) is 9.03. The first-order valence-corrected chi connectivity index (χ1v) is 6.03.